The molecule has 4 aliphatic rings. The number of aliphatic hydroxyl groups excluding tert-OH is 1. The average molecular weight is 530 g/mol. The van der Waals surface area contributed by atoms with Crippen LogP contribution in [0.15, 0.2) is 0 Å². The van der Waals surface area contributed by atoms with Gasteiger partial charge in [0, 0.05) is 17.4 Å². The van der Waals surface area contributed by atoms with E-state index in [2.05, 4.69) is 48.7 Å². The molecule has 9 atom stereocenters. The van der Waals surface area contributed by atoms with Gasteiger partial charge in [-0.3, -0.25) is 4.79 Å². The number of hydrogen-bond donors (Lipinski definition) is 2. The number of fused-ring (bicyclic) bond motifs is 5. The highest BCUT2D eigenvalue weighted by molar-refractivity contribution is 14.1. The van der Waals surface area contributed by atoms with Gasteiger partial charge in [-0.1, -0.05) is 43.4 Å². The maximum absolute atomic E-state index is 12.1. The van der Waals surface area contributed by atoms with Crippen LogP contribution in [-0.2, 0) is 4.79 Å². The molecular weight excluding hydrogens is 485 g/mol. The van der Waals surface area contributed by atoms with Crippen LogP contribution in [0.1, 0.15) is 91.4 Å². The Kier molecular flexibility index (Phi) is 7.14. The Balaban J connectivity index is 1.42. The first-order valence-electron chi connectivity index (χ1n) is 12.8. The SMILES string of the molecule is CC(CCC(=O)NCCI)C1CCC2[C@@H]3CC[C@@H]4CC(O)CC[C@]4(C)C3CC[C@]12C. The Hall–Kier alpha value is 0.160. The van der Waals surface area contributed by atoms with Crippen molar-refractivity contribution < 1.29 is 9.90 Å². The molecule has 0 bridgehead atoms. The number of rotatable bonds is 6. The monoisotopic (exact) mass is 529 g/mol. The van der Waals surface area contributed by atoms with E-state index in [1.165, 1.54) is 44.9 Å². The minimum atomic E-state index is -0.0423. The van der Waals surface area contributed by atoms with Crippen molar-refractivity contribution >= 4 is 28.5 Å². The quantitative estimate of drug-likeness (QED) is 0.329. The topological polar surface area (TPSA) is 49.3 Å². The van der Waals surface area contributed by atoms with Crippen LogP contribution in [0.25, 0.3) is 0 Å². The molecule has 0 heterocycles. The first kappa shape index (κ1) is 23.3. The van der Waals surface area contributed by atoms with Gasteiger partial charge in [-0.25, -0.2) is 0 Å². The third-order valence-corrected chi connectivity index (χ3v) is 11.2. The molecule has 30 heavy (non-hydrogen) atoms. The maximum atomic E-state index is 12.1. The second-order valence-corrected chi connectivity index (χ2v) is 12.9. The lowest BCUT2D eigenvalue weighted by Crippen LogP contribution is -2.54. The highest BCUT2D eigenvalue weighted by Crippen LogP contribution is 2.68. The van der Waals surface area contributed by atoms with Gasteiger partial charge in [0.15, 0.2) is 0 Å². The van der Waals surface area contributed by atoms with Gasteiger partial charge in [0.1, 0.15) is 0 Å². The maximum Gasteiger partial charge on any atom is 0.220 e. The Bertz CT molecular complexity index is 626. The molecule has 0 saturated heterocycles. The fourth-order valence-corrected chi connectivity index (χ4v) is 9.32. The van der Waals surface area contributed by atoms with Crippen molar-refractivity contribution in [2.45, 2.75) is 97.5 Å². The second kappa shape index (κ2) is 9.19. The van der Waals surface area contributed by atoms with Crippen LogP contribution in [0.3, 0.4) is 0 Å². The highest BCUT2D eigenvalue weighted by Gasteiger charge is 2.60. The van der Waals surface area contributed by atoms with Crippen molar-refractivity contribution in [1.82, 2.24) is 5.32 Å². The molecule has 4 heteroatoms. The summed E-state index contributed by atoms with van der Waals surface area (Å²) in [6.07, 6.45) is 13.4. The van der Waals surface area contributed by atoms with Crippen LogP contribution in [-0.4, -0.2) is 28.1 Å². The van der Waals surface area contributed by atoms with Gasteiger partial charge >= 0.3 is 0 Å². The highest BCUT2D eigenvalue weighted by atomic mass is 127. The lowest BCUT2D eigenvalue weighted by atomic mass is 9.44. The summed E-state index contributed by atoms with van der Waals surface area (Å²) in [6, 6.07) is 0. The number of carbonyl (C=O) groups excluding carboxylic acids is 1. The van der Waals surface area contributed by atoms with E-state index < -0.39 is 0 Å². The van der Waals surface area contributed by atoms with Crippen LogP contribution >= 0.6 is 22.6 Å². The van der Waals surface area contributed by atoms with E-state index in [0.717, 1.165) is 59.8 Å². The van der Waals surface area contributed by atoms with Crippen molar-refractivity contribution in [3.8, 4) is 0 Å². The summed E-state index contributed by atoms with van der Waals surface area (Å²) < 4.78 is 0.989. The van der Waals surface area contributed by atoms with E-state index in [-0.39, 0.29) is 12.0 Å². The summed E-state index contributed by atoms with van der Waals surface area (Å²) >= 11 is 2.32. The van der Waals surface area contributed by atoms with Crippen molar-refractivity contribution in [3.63, 3.8) is 0 Å². The molecule has 2 N–H and O–H groups in total. The minimum Gasteiger partial charge on any atom is -0.393 e. The molecule has 3 nitrogen and oxygen atoms in total. The Morgan fingerprint density at radius 1 is 1.07 bits per heavy atom. The number of aliphatic hydroxyl groups is 1. The molecule has 4 fully saturated rings. The predicted molar refractivity (Wildman–Crippen MR) is 132 cm³/mol. The zero-order chi connectivity index (χ0) is 21.5. The van der Waals surface area contributed by atoms with E-state index in [4.69, 9.17) is 0 Å². The van der Waals surface area contributed by atoms with Gasteiger partial charge in [-0.2, -0.15) is 0 Å². The number of amides is 1. The number of nitrogens with one attached hydrogen (secondary N) is 1. The Labute approximate surface area is 198 Å². The van der Waals surface area contributed by atoms with Gasteiger partial charge in [0.2, 0.25) is 5.91 Å². The first-order valence-corrected chi connectivity index (χ1v) is 14.3. The molecule has 0 spiro atoms. The predicted octanol–water partition coefficient (Wildman–Crippen LogP) is 5.97. The van der Waals surface area contributed by atoms with Gasteiger partial charge in [-0.15, -0.1) is 0 Å². The normalized spacial score (nSPS) is 46.4. The van der Waals surface area contributed by atoms with Crippen molar-refractivity contribution in [2.75, 3.05) is 11.0 Å². The van der Waals surface area contributed by atoms with Gasteiger partial charge < -0.3 is 10.4 Å². The molecule has 0 aromatic carbocycles. The van der Waals surface area contributed by atoms with Gasteiger partial charge in [0.05, 0.1) is 6.10 Å². The Morgan fingerprint density at radius 2 is 1.80 bits per heavy atom. The molecule has 0 radical (unpaired) electrons. The smallest absolute Gasteiger partial charge is 0.220 e. The number of halogens is 1. The van der Waals surface area contributed by atoms with E-state index in [1.807, 2.05) is 0 Å². The van der Waals surface area contributed by atoms with Crippen LogP contribution < -0.4 is 5.32 Å². The van der Waals surface area contributed by atoms with E-state index >= 15 is 0 Å². The molecular formula is C26H44INO2. The molecule has 172 valence electrons. The van der Waals surface area contributed by atoms with Crippen molar-refractivity contribution in [3.05, 3.63) is 0 Å². The largest absolute Gasteiger partial charge is 0.393 e. The lowest BCUT2D eigenvalue weighted by molar-refractivity contribution is -0.129. The molecule has 4 aliphatic carbocycles. The van der Waals surface area contributed by atoms with Crippen LogP contribution in [0, 0.1) is 46.3 Å². The molecule has 0 aromatic heterocycles. The van der Waals surface area contributed by atoms with Crippen LogP contribution in [0.4, 0.5) is 0 Å². The van der Waals surface area contributed by atoms with Gasteiger partial charge in [-0.05, 0) is 111 Å². The fourth-order valence-electron chi connectivity index (χ4n) is 9.05. The third kappa shape index (κ3) is 4.10. The van der Waals surface area contributed by atoms with E-state index in [1.54, 1.807) is 0 Å². The molecule has 4 rings (SSSR count). The number of hydrogen-bond acceptors (Lipinski definition) is 2. The molecule has 5 unspecified atom stereocenters. The molecule has 0 aliphatic heterocycles. The molecule has 0 aromatic rings. The summed E-state index contributed by atoms with van der Waals surface area (Å²) in [5, 5.41) is 13.3. The summed E-state index contributed by atoms with van der Waals surface area (Å²) in [4.78, 5) is 12.1. The zero-order valence-corrected chi connectivity index (χ0v) is 21.6. The summed E-state index contributed by atoms with van der Waals surface area (Å²) in [7, 11) is 0. The van der Waals surface area contributed by atoms with Crippen LogP contribution in [0.5, 0.6) is 0 Å². The van der Waals surface area contributed by atoms with Crippen molar-refractivity contribution in [2.24, 2.45) is 46.3 Å². The minimum absolute atomic E-state index is 0.0423. The van der Waals surface area contributed by atoms with E-state index in [0.29, 0.717) is 23.2 Å². The average Bonchev–Trinajstić information content (AvgIpc) is 3.08. The third-order valence-electron chi connectivity index (χ3n) is 10.6. The molecule has 1 amide bonds. The summed E-state index contributed by atoms with van der Waals surface area (Å²) in [5.74, 6) is 5.12. The van der Waals surface area contributed by atoms with Crippen LogP contribution in [0.2, 0.25) is 0 Å². The second-order valence-electron chi connectivity index (χ2n) is 11.9. The molecule has 4 saturated carbocycles. The number of carbonyl (C=O) groups is 1. The Morgan fingerprint density at radius 3 is 2.57 bits per heavy atom. The summed E-state index contributed by atoms with van der Waals surface area (Å²) in [6.45, 7) is 8.44. The first-order chi connectivity index (χ1) is 14.3. The zero-order valence-electron chi connectivity index (χ0n) is 19.5. The summed E-state index contributed by atoms with van der Waals surface area (Å²) in [5.41, 5.74) is 0.959. The standard InChI is InChI=1S/C26H44INO2/c1-17(4-9-24(30)28-15-14-27)21-7-8-22-20-6-5-18-16-19(29)10-12-25(18,2)23(20)11-13-26(21,22)3/h17-23,29H,4-16H2,1-3H3,(H,28,30)/t17?,18-,19?,20+,21?,22?,23?,25+,26-/m1/s1. The fraction of sp³-hybridized carbons (Fsp3) is 0.962. The van der Waals surface area contributed by atoms with E-state index in [9.17, 15) is 9.90 Å². The van der Waals surface area contributed by atoms with Gasteiger partial charge in [0.25, 0.3) is 0 Å². The number of alkyl halides is 1. The van der Waals surface area contributed by atoms with Crippen molar-refractivity contribution in [1.29, 1.82) is 0 Å². The lowest BCUT2D eigenvalue weighted by Gasteiger charge is -2.61.